The second-order valence-corrected chi connectivity index (χ2v) is 12.0. The van der Waals surface area contributed by atoms with Gasteiger partial charge in [0.15, 0.2) is 0 Å². The Morgan fingerprint density at radius 1 is 1.16 bits per heavy atom. The molecule has 0 unspecified atom stereocenters. The predicted molar refractivity (Wildman–Crippen MR) is 129 cm³/mol. The molecule has 0 saturated heterocycles. The van der Waals surface area contributed by atoms with Crippen molar-refractivity contribution in [2.45, 2.75) is 77.2 Å². The van der Waals surface area contributed by atoms with Gasteiger partial charge in [0.1, 0.15) is 6.10 Å². The number of carbonyl (C=O) groups is 1. The molecule has 4 heteroatoms. The molecule has 4 aliphatic rings. The van der Waals surface area contributed by atoms with E-state index in [1.165, 1.54) is 43.0 Å². The van der Waals surface area contributed by atoms with Gasteiger partial charge in [-0.2, -0.15) is 0 Å². The smallest absolute Gasteiger partial charge is 0.302 e. The van der Waals surface area contributed by atoms with Crippen molar-refractivity contribution in [3.05, 3.63) is 52.6 Å². The van der Waals surface area contributed by atoms with E-state index in [2.05, 4.69) is 49.7 Å². The minimum Gasteiger partial charge on any atom is -0.462 e. The highest BCUT2D eigenvalue weighted by atomic mass is 32.1. The number of aromatic nitrogens is 1. The summed E-state index contributed by atoms with van der Waals surface area (Å²) in [6.45, 7) is 6.59. The van der Waals surface area contributed by atoms with Crippen molar-refractivity contribution in [2.24, 2.45) is 23.2 Å². The number of fused-ring (bicyclic) bond motifs is 7. The summed E-state index contributed by atoms with van der Waals surface area (Å²) in [6.07, 6.45) is 12.8. The monoisotopic (exact) mass is 447 g/mol. The largest absolute Gasteiger partial charge is 0.462 e. The Bertz CT molecular complexity index is 1090. The standard InChI is InChI=1S/C28H33NO2S/c1-17(30)31-20-8-10-27(2)19(14-20)6-7-21-22(27)9-11-28(3)23-15-25(26-5-4-12-32-26)29-16-18(23)13-24(21)28/h4-6,12,15-16,20-22,24H,7-11,13-14H2,1-3H3/t20-,21-,22-,24-,27-,28+/m0/s1. The number of nitrogens with zero attached hydrogens (tertiary/aromatic N) is 1. The van der Waals surface area contributed by atoms with Gasteiger partial charge in [-0.05, 0) is 95.7 Å². The van der Waals surface area contributed by atoms with Crippen LogP contribution in [0.15, 0.2) is 41.4 Å². The zero-order chi connectivity index (χ0) is 22.1. The van der Waals surface area contributed by atoms with Gasteiger partial charge in [-0.3, -0.25) is 9.78 Å². The highest BCUT2D eigenvalue weighted by Gasteiger charge is 2.57. The molecule has 168 valence electrons. The molecule has 0 radical (unpaired) electrons. The highest BCUT2D eigenvalue weighted by molar-refractivity contribution is 7.13. The molecule has 32 heavy (non-hydrogen) atoms. The SMILES string of the molecule is CC(=O)O[C@H]1CC[C@@]2(C)C(=CC[C@H]3[C@@H]2CC[C@]2(C)c4cc(-c5cccs5)ncc4C[C@@H]32)C1. The second-order valence-electron chi connectivity index (χ2n) is 11.1. The number of thiophene rings is 1. The van der Waals surface area contributed by atoms with E-state index in [4.69, 9.17) is 9.72 Å². The lowest BCUT2D eigenvalue weighted by atomic mass is 9.47. The first kappa shape index (κ1) is 20.7. The Morgan fingerprint density at radius 2 is 2.00 bits per heavy atom. The lowest BCUT2D eigenvalue weighted by Gasteiger charge is -2.57. The van der Waals surface area contributed by atoms with Gasteiger partial charge in [0, 0.05) is 19.5 Å². The van der Waals surface area contributed by atoms with Crippen molar-refractivity contribution >= 4 is 17.3 Å². The molecule has 4 aliphatic carbocycles. The van der Waals surface area contributed by atoms with E-state index >= 15 is 0 Å². The predicted octanol–water partition coefficient (Wildman–Crippen LogP) is 6.72. The molecular weight excluding hydrogens is 414 g/mol. The van der Waals surface area contributed by atoms with Crippen LogP contribution in [0.1, 0.15) is 70.4 Å². The fourth-order valence-corrected chi connectivity index (χ4v) is 8.66. The molecule has 2 aromatic rings. The number of pyridine rings is 1. The maximum absolute atomic E-state index is 11.5. The number of rotatable bonds is 2. The number of hydrogen-bond acceptors (Lipinski definition) is 4. The van der Waals surface area contributed by atoms with E-state index in [1.807, 2.05) is 0 Å². The van der Waals surface area contributed by atoms with Crippen LogP contribution in [-0.2, 0) is 21.4 Å². The van der Waals surface area contributed by atoms with Crippen LogP contribution in [0.2, 0.25) is 0 Å². The summed E-state index contributed by atoms with van der Waals surface area (Å²) in [5, 5.41) is 2.14. The van der Waals surface area contributed by atoms with Gasteiger partial charge >= 0.3 is 5.97 Å². The first-order valence-corrected chi connectivity index (χ1v) is 13.2. The Balaban J connectivity index is 1.31. The first-order valence-electron chi connectivity index (χ1n) is 12.3. The highest BCUT2D eigenvalue weighted by Crippen LogP contribution is 2.64. The third kappa shape index (κ3) is 2.98. The van der Waals surface area contributed by atoms with Crippen molar-refractivity contribution in [3.8, 4) is 10.6 Å². The van der Waals surface area contributed by atoms with Gasteiger partial charge in [-0.15, -0.1) is 11.3 Å². The van der Waals surface area contributed by atoms with Crippen LogP contribution in [0.3, 0.4) is 0 Å². The van der Waals surface area contributed by atoms with Crippen molar-refractivity contribution < 1.29 is 9.53 Å². The molecule has 2 fully saturated rings. The molecular formula is C28H33NO2S. The molecule has 2 aromatic heterocycles. The number of allylic oxidation sites excluding steroid dienone is 1. The van der Waals surface area contributed by atoms with E-state index in [-0.39, 0.29) is 22.9 Å². The normalized spacial score (nSPS) is 37.5. The summed E-state index contributed by atoms with van der Waals surface area (Å²) < 4.78 is 5.60. The second kappa shape index (κ2) is 7.28. The summed E-state index contributed by atoms with van der Waals surface area (Å²) >= 11 is 1.78. The molecule has 0 aliphatic heterocycles. The third-order valence-corrected chi connectivity index (χ3v) is 10.5. The van der Waals surface area contributed by atoms with Crippen LogP contribution in [0, 0.1) is 23.2 Å². The van der Waals surface area contributed by atoms with E-state index in [9.17, 15) is 4.79 Å². The molecule has 6 atom stereocenters. The Morgan fingerprint density at radius 3 is 2.78 bits per heavy atom. The molecule has 0 amide bonds. The van der Waals surface area contributed by atoms with Crippen LogP contribution in [-0.4, -0.2) is 17.1 Å². The summed E-state index contributed by atoms with van der Waals surface area (Å²) in [6, 6.07) is 6.72. The van der Waals surface area contributed by atoms with Crippen LogP contribution in [0.4, 0.5) is 0 Å². The van der Waals surface area contributed by atoms with Gasteiger partial charge < -0.3 is 4.74 Å². The van der Waals surface area contributed by atoms with Gasteiger partial charge in [0.2, 0.25) is 0 Å². The maximum atomic E-state index is 11.5. The van der Waals surface area contributed by atoms with Gasteiger partial charge in [-0.25, -0.2) is 0 Å². The number of carbonyl (C=O) groups excluding carboxylic acids is 1. The fraction of sp³-hybridized carbons (Fsp3) is 0.571. The van der Waals surface area contributed by atoms with Gasteiger partial charge in [0.05, 0.1) is 10.6 Å². The molecule has 3 nitrogen and oxygen atoms in total. The van der Waals surface area contributed by atoms with E-state index in [0.717, 1.165) is 36.8 Å². The Labute approximate surface area is 195 Å². The fourth-order valence-electron chi connectivity index (χ4n) is 7.97. The van der Waals surface area contributed by atoms with Crippen LogP contribution < -0.4 is 0 Å². The van der Waals surface area contributed by atoms with Crippen LogP contribution >= 0.6 is 11.3 Å². The van der Waals surface area contributed by atoms with Crippen LogP contribution in [0.5, 0.6) is 0 Å². The summed E-state index contributed by atoms with van der Waals surface area (Å²) in [5.74, 6) is 2.06. The lowest BCUT2D eigenvalue weighted by Crippen LogP contribution is -2.51. The number of hydrogen-bond donors (Lipinski definition) is 0. The maximum Gasteiger partial charge on any atom is 0.302 e. The minimum absolute atomic E-state index is 0.0784. The van der Waals surface area contributed by atoms with E-state index < -0.39 is 0 Å². The molecule has 6 rings (SSSR count). The van der Waals surface area contributed by atoms with Crippen molar-refractivity contribution in [1.82, 2.24) is 4.98 Å². The van der Waals surface area contributed by atoms with Crippen molar-refractivity contribution in [2.75, 3.05) is 0 Å². The van der Waals surface area contributed by atoms with Crippen molar-refractivity contribution in [3.63, 3.8) is 0 Å². The lowest BCUT2D eigenvalue weighted by molar-refractivity contribution is -0.148. The zero-order valence-electron chi connectivity index (χ0n) is 19.4. The third-order valence-electron chi connectivity index (χ3n) is 9.60. The average molecular weight is 448 g/mol. The van der Waals surface area contributed by atoms with Gasteiger partial charge in [0.25, 0.3) is 0 Å². The average Bonchev–Trinajstić information content (AvgIpc) is 3.40. The van der Waals surface area contributed by atoms with E-state index in [0.29, 0.717) is 5.92 Å². The Kier molecular flexibility index (Phi) is 4.70. The first-order chi connectivity index (χ1) is 15.4. The topological polar surface area (TPSA) is 39.2 Å². The van der Waals surface area contributed by atoms with E-state index in [1.54, 1.807) is 22.5 Å². The molecule has 0 aromatic carbocycles. The molecule has 0 N–H and O–H groups in total. The molecule has 0 spiro atoms. The number of esters is 1. The Hall–Kier alpha value is -1.94. The summed E-state index contributed by atoms with van der Waals surface area (Å²) in [5.41, 5.74) is 6.30. The van der Waals surface area contributed by atoms with Crippen LogP contribution in [0.25, 0.3) is 10.6 Å². The molecule has 2 saturated carbocycles. The zero-order valence-corrected chi connectivity index (χ0v) is 20.2. The minimum atomic E-state index is -0.138. The summed E-state index contributed by atoms with van der Waals surface area (Å²) in [7, 11) is 0. The van der Waals surface area contributed by atoms with Crippen molar-refractivity contribution in [1.29, 1.82) is 0 Å². The molecule has 0 bridgehead atoms. The number of ether oxygens (including phenoxy) is 1. The molecule has 2 heterocycles. The summed E-state index contributed by atoms with van der Waals surface area (Å²) in [4.78, 5) is 17.6. The quantitative estimate of drug-likeness (QED) is 0.379. The van der Waals surface area contributed by atoms with Gasteiger partial charge in [-0.1, -0.05) is 31.6 Å².